The molecule has 0 saturated heterocycles. The zero-order chi connectivity index (χ0) is 19.4. The van der Waals surface area contributed by atoms with Crippen LogP contribution in [-0.2, 0) is 20.2 Å². The zero-order valence-corrected chi connectivity index (χ0v) is 16.9. The fourth-order valence-corrected chi connectivity index (χ4v) is 2.71. The maximum absolute atomic E-state index is 10.5. The Morgan fingerprint density at radius 3 is 1.60 bits per heavy atom. The maximum Gasteiger partial charge on any atom is 0.394 e. The fourth-order valence-electron chi connectivity index (χ4n) is 2.71. The van der Waals surface area contributed by atoms with Crippen LogP contribution in [0.4, 0.5) is 0 Å². The smallest absolute Gasteiger partial charge is 0.376 e. The topological polar surface area (TPSA) is 104 Å². The van der Waals surface area contributed by atoms with Crippen molar-refractivity contribution in [2.24, 2.45) is 0 Å². The highest BCUT2D eigenvalue weighted by atomic mass is 32.3. The van der Waals surface area contributed by atoms with Crippen molar-refractivity contribution in [3.63, 3.8) is 0 Å². The average molecular weight is 384 g/mol. The molecule has 1 unspecified atom stereocenters. The maximum atomic E-state index is 10.5. The zero-order valence-electron chi connectivity index (χ0n) is 16.1. The lowest BCUT2D eigenvalue weighted by Crippen LogP contribution is -2.14. The van der Waals surface area contributed by atoms with Gasteiger partial charge in [0.25, 0.3) is 0 Å². The van der Waals surface area contributed by atoms with Gasteiger partial charge in [-0.3, -0.25) is 9.11 Å². The fraction of sp³-hybridized carbons (Fsp3) is 1.00. The Morgan fingerprint density at radius 1 is 0.760 bits per heavy atom. The molecule has 6 nitrogen and oxygen atoms in total. The van der Waals surface area contributed by atoms with Crippen LogP contribution in [0.3, 0.4) is 0 Å². The molecule has 0 aromatic rings. The molecule has 2 N–H and O–H groups in total. The first kappa shape index (κ1) is 27.0. The number of ether oxygens (including phenoxy) is 1. The molecule has 0 spiro atoms. The minimum atomic E-state index is -4.67. The van der Waals surface area contributed by atoms with Gasteiger partial charge in [-0.2, -0.15) is 8.42 Å². The monoisotopic (exact) mass is 383 g/mol. The molecular formula is C18H39O6S. The lowest BCUT2D eigenvalue weighted by Gasteiger charge is -2.16. The van der Waals surface area contributed by atoms with Crippen LogP contribution in [0.25, 0.3) is 0 Å². The molecular weight excluding hydrogens is 344 g/mol. The van der Waals surface area contributed by atoms with Crippen molar-refractivity contribution in [1.82, 2.24) is 0 Å². The largest absolute Gasteiger partial charge is 0.394 e. The number of rotatable bonds is 16. The second kappa shape index (κ2) is 20.1. The average Bonchev–Trinajstić information content (AvgIpc) is 2.52. The lowest BCUT2D eigenvalue weighted by molar-refractivity contribution is 0.00301. The predicted octanol–water partition coefficient (Wildman–Crippen LogP) is 5.26. The molecule has 0 aliphatic carbocycles. The van der Waals surface area contributed by atoms with Gasteiger partial charge < -0.3 is 4.74 Å². The first-order valence-corrected chi connectivity index (χ1v) is 11.1. The molecule has 0 aliphatic heterocycles. The Hall–Kier alpha value is -0.210. The van der Waals surface area contributed by atoms with E-state index in [1.54, 1.807) is 0 Å². The number of hydrogen-bond donors (Lipinski definition) is 2. The van der Waals surface area contributed by atoms with Crippen molar-refractivity contribution in [2.75, 3.05) is 13.2 Å². The van der Waals surface area contributed by atoms with Gasteiger partial charge >= 0.3 is 10.4 Å². The number of hydrogen-bond acceptors (Lipinski definition) is 3. The summed E-state index contributed by atoms with van der Waals surface area (Å²) in [5, 5.41) is 10.5. The van der Waals surface area contributed by atoms with Crippen molar-refractivity contribution in [2.45, 2.75) is 103 Å². The van der Waals surface area contributed by atoms with Crippen LogP contribution >= 0.6 is 0 Å². The molecule has 0 rings (SSSR count). The highest BCUT2D eigenvalue weighted by molar-refractivity contribution is 7.79. The highest BCUT2D eigenvalue weighted by Crippen LogP contribution is 2.15. The normalized spacial score (nSPS) is 12.5. The SMILES string of the molecule is CCCCCCCCCCCCC(CCC)OCC[O].O=S(=O)(O)O. The van der Waals surface area contributed by atoms with Gasteiger partial charge in [0, 0.05) is 0 Å². The molecule has 1 radical (unpaired) electrons. The molecule has 0 fully saturated rings. The van der Waals surface area contributed by atoms with Gasteiger partial charge in [-0.25, -0.2) is 5.11 Å². The van der Waals surface area contributed by atoms with Crippen LogP contribution in [0.5, 0.6) is 0 Å². The first-order valence-electron chi connectivity index (χ1n) is 9.74. The minimum absolute atomic E-state index is 0.0990. The van der Waals surface area contributed by atoms with Crippen molar-refractivity contribution in [1.29, 1.82) is 0 Å². The van der Waals surface area contributed by atoms with E-state index in [1.807, 2.05) is 0 Å². The third-order valence-electron chi connectivity index (χ3n) is 3.93. The van der Waals surface area contributed by atoms with Crippen LogP contribution < -0.4 is 0 Å². The molecule has 153 valence electrons. The van der Waals surface area contributed by atoms with Crippen molar-refractivity contribution in [3.05, 3.63) is 0 Å². The van der Waals surface area contributed by atoms with Gasteiger partial charge in [0.05, 0.1) is 12.7 Å². The summed E-state index contributed by atoms with van der Waals surface area (Å²) in [6.07, 6.45) is 17.5. The van der Waals surface area contributed by atoms with Gasteiger partial charge in [-0.1, -0.05) is 84.5 Å². The van der Waals surface area contributed by atoms with Gasteiger partial charge in [0.1, 0.15) is 6.61 Å². The summed E-state index contributed by atoms with van der Waals surface area (Å²) in [5.74, 6) is 0. The van der Waals surface area contributed by atoms with Crippen LogP contribution in [0.15, 0.2) is 0 Å². The van der Waals surface area contributed by atoms with E-state index in [4.69, 9.17) is 22.3 Å². The third-order valence-corrected chi connectivity index (χ3v) is 3.93. The van der Waals surface area contributed by atoms with Crippen molar-refractivity contribution >= 4 is 10.4 Å². The second-order valence-electron chi connectivity index (χ2n) is 6.40. The van der Waals surface area contributed by atoms with Crippen LogP contribution in [0.2, 0.25) is 0 Å². The molecule has 0 aromatic carbocycles. The van der Waals surface area contributed by atoms with E-state index in [-0.39, 0.29) is 6.61 Å². The quantitative estimate of drug-likeness (QED) is 0.279. The molecule has 25 heavy (non-hydrogen) atoms. The summed E-state index contributed by atoms with van der Waals surface area (Å²) in [6, 6.07) is 0. The van der Waals surface area contributed by atoms with E-state index in [0.29, 0.717) is 12.7 Å². The van der Waals surface area contributed by atoms with Crippen molar-refractivity contribution in [3.8, 4) is 0 Å². The van der Waals surface area contributed by atoms with Gasteiger partial charge in [-0.05, 0) is 12.8 Å². The molecule has 0 heterocycles. The van der Waals surface area contributed by atoms with Gasteiger partial charge in [-0.15, -0.1) is 0 Å². The van der Waals surface area contributed by atoms with Crippen LogP contribution in [0, 0.1) is 0 Å². The predicted molar refractivity (Wildman–Crippen MR) is 101 cm³/mol. The molecule has 0 aromatic heterocycles. The summed E-state index contributed by atoms with van der Waals surface area (Å²) >= 11 is 0. The molecule has 7 heteroatoms. The molecule has 0 amide bonds. The summed E-state index contributed by atoms with van der Waals surface area (Å²) in [4.78, 5) is 0. The van der Waals surface area contributed by atoms with E-state index >= 15 is 0 Å². The minimum Gasteiger partial charge on any atom is -0.376 e. The Kier molecular flexibility index (Phi) is 21.7. The van der Waals surface area contributed by atoms with E-state index in [1.165, 1.54) is 64.2 Å². The first-order chi connectivity index (χ1) is 11.8. The number of unbranched alkanes of at least 4 members (excludes halogenated alkanes) is 9. The van der Waals surface area contributed by atoms with Gasteiger partial charge in [0.2, 0.25) is 0 Å². The Bertz CT molecular complexity index is 337. The summed E-state index contributed by atoms with van der Waals surface area (Å²) < 4.78 is 37.2. The lowest BCUT2D eigenvalue weighted by atomic mass is 10.0. The summed E-state index contributed by atoms with van der Waals surface area (Å²) in [6.45, 7) is 4.75. The molecule has 0 bridgehead atoms. The molecule has 0 aliphatic rings. The summed E-state index contributed by atoms with van der Waals surface area (Å²) in [7, 11) is -4.67. The second-order valence-corrected chi connectivity index (χ2v) is 7.30. The Labute approximate surface area is 154 Å². The Morgan fingerprint density at radius 2 is 1.20 bits per heavy atom. The van der Waals surface area contributed by atoms with Crippen LogP contribution in [0.1, 0.15) is 97.3 Å². The molecule has 1 atom stereocenters. The van der Waals surface area contributed by atoms with Crippen LogP contribution in [-0.4, -0.2) is 36.8 Å². The third kappa shape index (κ3) is 32.0. The van der Waals surface area contributed by atoms with E-state index in [2.05, 4.69) is 13.8 Å². The Balaban J connectivity index is 0. The van der Waals surface area contributed by atoms with E-state index in [9.17, 15) is 5.11 Å². The standard InChI is InChI=1S/C18H37O2.H2O4S/c1-3-5-6-7-8-9-10-11-12-13-15-18(14-4-2)20-17-16-19;1-5(2,3)4/h18H,3-17H2,1-2H3;(H2,1,2,3,4). The molecule has 0 saturated carbocycles. The van der Waals surface area contributed by atoms with Gasteiger partial charge in [0.15, 0.2) is 0 Å². The summed E-state index contributed by atoms with van der Waals surface area (Å²) in [5.41, 5.74) is 0. The van der Waals surface area contributed by atoms with E-state index in [0.717, 1.165) is 19.3 Å². The van der Waals surface area contributed by atoms with Crippen molar-refractivity contribution < 1.29 is 27.4 Å². The highest BCUT2D eigenvalue weighted by Gasteiger charge is 2.07. The van der Waals surface area contributed by atoms with E-state index < -0.39 is 10.4 Å².